The second-order valence-corrected chi connectivity index (χ2v) is 8.52. The summed E-state index contributed by atoms with van der Waals surface area (Å²) in [5.74, 6) is -0.637. The van der Waals surface area contributed by atoms with Crippen molar-refractivity contribution in [2.24, 2.45) is 0 Å². The molecule has 0 fully saturated rings. The van der Waals surface area contributed by atoms with E-state index in [0.29, 0.717) is 27.8 Å². The molecule has 0 aliphatic carbocycles. The van der Waals surface area contributed by atoms with Gasteiger partial charge in [0.1, 0.15) is 17.4 Å². The number of hydrogen-bond donors (Lipinski definition) is 1. The maximum absolute atomic E-state index is 12.7. The lowest BCUT2D eigenvalue weighted by Gasteiger charge is -2.11. The third-order valence-corrected chi connectivity index (χ3v) is 5.90. The molecule has 174 valence electrons. The van der Waals surface area contributed by atoms with E-state index < -0.39 is 11.9 Å². The summed E-state index contributed by atoms with van der Waals surface area (Å²) in [4.78, 5) is 42.1. The molecule has 4 rings (SSSR count). The number of anilines is 1. The van der Waals surface area contributed by atoms with Gasteiger partial charge in [-0.15, -0.1) is 0 Å². The minimum Gasteiger partial charge on any atom is -0.484 e. The first-order chi connectivity index (χ1) is 16.4. The third kappa shape index (κ3) is 5.59. The molecule has 0 unspecified atom stereocenters. The normalized spacial score (nSPS) is 10.8. The van der Waals surface area contributed by atoms with Gasteiger partial charge in [-0.3, -0.25) is 9.59 Å². The van der Waals surface area contributed by atoms with Gasteiger partial charge in [-0.2, -0.15) is 9.61 Å². The zero-order valence-corrected chi connectivity index (χ0v) is 19.6. The zero-order chi connectivity index (χ0) is 24.1. The highest BCUT2D eigenvalue weighted by atomic mass is 35.5. The van der Waals surface area contributed by atoms with E-state index >= 15 is 0 Å². The largest absolute Gasteiger partial charge is 0.484 e. The van der Waals surface area contributed by atoms with E-state index in [9.17, 15) is 14.4 Å². The van der Waals surface area contributed by atoms with Crippen molar-refractivity contribution in [2.45, 2.75) is 20.0 Å². The second kappa shape index (κ2) is 10.4. The number of fused-ring (bicyclic) bond motifs is 1. The monoisotopic (exact) mass is 498 g/mol. The quantitative estimate of drug-likeness (QED) is 0.368. The first-order valence-corrected chi connectivity index (χ1v) is 11.5. The van der Waals surface area contributed by atoms with Crippen LogP contribution >= 0.6 is 22.9 Å². The molecule has 0 atom stereocenters. The molecule has 0 spiro atoms. The van der Waals surface area contributed by atoms with Gasteiger partial charge in [-0.05, 0) is 42.8 Å². The van der Waals surface area contributed by atoms with Crippen molar-refractivity contribution < 1.29 is 19.1 Å². The average Bonchev–Trinajstić information content (AvgIpc) is 3.26. The number of amides is 1. The molecule has 2 aromatic carbocycles. The number of aromatic nitrogens is 3. The van der Waals surface area contributed by atoms with Gasteiger partial charge in [-0.25, -0.2) is 9.78 Å². The Labute approximate surface area is 202 Å². The van der Waals surface area contributed by atoms with Gasteiger partial charge in [0.15, 0.2) is 6.61 Å². The highest BCUT2D eigenvalue weighted by molar-refractivity contribution is 7.16. The molecule has 0 radical (unpaired) electrons. The molecule has 0 bridgehead atoms. The number of carbonyl (C=O) groups excluding carboxylic acids is 2. The van der Waals surface area contributed by atoms with Crippen molar-refractivity contribution >= 4 is 45.5 Å². The SMILES string of the molecule is CCc1nn2c(=O)cc(COC(=O)c3ccccc3NC(=O)COc3ccc(Cl)cc3)nc2s1. The fourth-order valence-corrected chi connectivity index (χ4v) is 3.95. The predicted molar refractivity (Wildman–Crippen MR) is 128 cm³/mol. The first kappa shape index (κ1) is 23.4. The topological polar surface area (TPSA) is 112 Å². The van der Waals surface area contributed by atoms with Crippen LogP contribution in [0.2, 0.25) is 5.02 Å². The summed E-state index contributed by atoms with van der Waals surface area (Å²) in [5, 5.41) is 8.17. The summed E-state index contributed by atoms with van der Waals surface area (Å²) in [6.07, 6.45) is 0.686. The van der Waals surface area contributed by atoms with Crippen molar-refractivity contribution in [3.63, 3.8) is 0 Å². The van der Waals surface area contributed by atoms with Crippen LogP contribution in [0.3, 0.4) is 0 Å². The smallest absolute Gasteiger partial charge is 0.340 e. The number of aryl methyl sites for hydroxylation is 1. The summed E-state index contributed by atoms with van der Waals surface area (Å²) >= 11 is 7.14. The van der Waals surface area contributed by atoms with Crippen LogP contribution in [-0.2, 0) is 22.6 Å². The molecular weight excluding hydrogens is 480 g/mol. The van der Waals surface area contributed by atoms with E-state index in [-0.39, 0.29) is 30.0 Å². The van der Waals surface area contributed by atoms with E-state index in [4.69, 9.17) is 21.1 Å². The molecular formula is C23H19ClN4O5S. The molecule has 1 N–H and O–H groups in total. The number of halogens is 1. The van der Waals surface area contributed by atoms with Crippen LogP contribution in [0.1, 0.15) is 28.0 Å². The highest BCUT2D eigenvalue weighted by Gasteiger charge is 2.16. The Bertz CT molecular complexity index is 1400. The van der Waals surface area contributed by atoms with Crippen molar-refractivity contribution in [3.05, 3.63) is 86.2 Å². The predicted octanol–water partition coefficient (Wildman–Crippen LogP) is 3.74. The van der Waals surface area contributed by atoms with E-state index in [2.05, 4.69) is 15.4 Å². The molecule has 0 saturated heterocycles. The number of rotatable bonds is 8. The Hall–Kier alpha value is -3.76. The molecule has 2 aromatic heterocycles. The van der Waals surface area contributed by atoms with Gasteiger partial charge in [0, 0.05) is 11.1 Å². The van der Waals surface area contributed by atoms with Crippen LogP contribution in [0, 0.1) is 0 Å². The van der Waals surface area contributed by atoms with Crippen molar-refractivity contribution in [1.82, 2.24) is 14.6 Å². The standard InChI is InChI=1S/C23H19ClN4O5S/c1-2-20-27-28-21(30)11-15(25-23(28)34-20)12-33-22(31)17-5-3-4-6-18(17)26-19(29)13-32-16-9-7-14(24)8-10-16/h3-11H,2,12-13H2,1H3,(H,26,29). The number of esters is 1. The molecule has 0 saturated carbocycles. The maximum atomic E-state index is 12.7. The molecule has 0 aliphatic heterocycles. The first-order valence-electron chi connectivity index (χ1n) is 10.3. The molecule has 0 aliphatic rings. The summed E-state index contributed by atoms with van der Waals surface area (Å²) < 4.78 is 12.0. The van der Waals surface area contributed by atoms with Crippen molar-refractivity contribution in [1.29, 1.82) is 0 Å². The number of para-hydroxylation sites is 1. The second-order valence-electron chi connectivity index (χ2n) is 7.04. The van der Waals surface area contributed by atoms with E-state index in [1.54, 1.807) is 42.5 Å². The number of benzene rings is 2. The van der Waals surface area contributed by atoms with Gasteiger partial charge >= 0.3 is 5.97 Å². The van der Waals surface area contributed by atoms with Crippen LogP contribution in [0.25, 0.3) is 4.96 Å². The fraction of sp³-hybridized carbons (Fsp3) is 0.174. The van der Waals surface area contributed by atoms with Crippen molar-refractivity contribution in [3.8, 4) is 5.75 Å². The van der Waals surface area contributed by atoms with Crippen LogP contribution < -0.4 is 15.6 Å². The molecule has 11 heteroatoms. The average molecular weight is 499 g/mol. The highest BCUT2D eigenvalue weighted by Crippen LogP contribution is 2.19. The van der Waals surface area contributed by atoms with Crippen LogP contribution in [0.15, 0.2) is 59.4 Å². The Morgan fingerprint density at radius 1 is 1.15 bits per heavy atom. The fourth-order valence-electron chi connectivity index (χ4n) is 2.97. The molecule has 9 nitrogen and oxygen atoms in total. The Balaban J connectivity index is 1.40. The lowest BCUT2D eigenvalue weighted by molar-refractivity contribution is -0.118. The van der Waals surface area contributed by atoms with Gasteiger partial charge in [0.2, 0.25) is 4.96 Å². The lowest BCUT2D eigenvalue weighted by Crippen LogP contribution is -2.22. The van der Waals surface area contributed by atoms with Gasteiger partial charge < -0.3 is 14.8 Å². The summed E-state index contributed by atoms with van der Waals surface area (Å²) in [6.45, 7) is 1.48. The van der Waals surface area contributed by atoms with E-state index in [0.717, 1.165) is 5.01 Å². The van der Waals surface area contributed by atoms with Crippen LogP contribution in [0.4, 0.5) is 5.69 Å². The van der Waals surface area contributed by atoms with Crippen LogP contribution in [-0.4, -0.2) is 33.1 Å². The minimum absolute atomic E-state index is 0.159. The number of hydrogen-bond acceptors (Lipinski definition) is 8. The molecule has 1 amide bonds. The summed E-state index contributed by atoms with van der Waals surface area (Å²) in [6, 6.07) is 14.3. The van der Waals surface area contributed by atoms with Gasteiger partial charge in [0.05, 0.1) is 16.9 Å². The molecule has 4 aromatic rings. The Kier molecular flexibility index (Phi) is 7.19. The number of ether oxygens (including phenoxy) is 2. The Morgan fingerprint density at radius 2 is 1.91 bits per heavy atom. The van der Waals surface area contributed by atoms with Gasteiger partial charge in [-0.1, -0.05) is 42.0 Å². The van der Waals surface area contributed by atoms with E-state index in [1.807, 2.05) is 6.92 Å². The number of carbonyl (C=O) groups is 2. The maximum Gasteiger partial charge on any atom is 0.340 e. The van der Waals surface area contributed by atoms with Gasteiger partial charge in [0.25, 0.3) is 11.5 Å². The minimum atomic E-state index is -0.671. The molecule has 34 heavy (non-hydrogen) atoms. The van der Waals surface area contributed by atoms with Crippen molar-refractivity contribution in [2.75, 3.05) is 11.9 Å². The van der Waals surface area contributed by atoms with Crippen LogP contribution in [0.5, 0.6) is 5.75 Å². The third-order valence-electron chi connectivity index (χ3n) is 4.60. The van der Waals surface area contributed by atoms with E-state index in [1.165, 1.54) is 28.0 Å². The molecule has 2 heterocycles. The summed E-state index contributed by atoms with van der Waals surface area (Å²) in [5.41, 5.74) is 0.393. The number of nitrogens with one attached hydrogen (secondary N) is 1. The Morgan fingerprint density at radius 3 is 2.68 bits per heavy atom. The zero-order valence-electron chi connectivity index (χ0n) is 18.0. The number of nitrogens with zero attached hydrogens (tertiary/aromatic N) is 3. The summed E-state index contributed by atoms with van der Waals surface area (Å²) in [7, 11) is 0. The lowest BCUT2D eigenvalue weighted by atomic mass is 10.2.